The summed E-state index contributed by atoms with van der Waals surface area (Å²) in [6, 6.07) is 17.5. The standard InChI is InChI=1S/C26H20Br2ClN3O4/c1-15-3-2-4-19(9-15)30-23(33)13-32-25(34)22(31-26(32)35)12-17-10-20(27)24(21(28)11-17)36-14-16-5-7-18(29)8-6-16/h2-12H,13-14H2,1H3,(H,30,33)(H,31,35)/b22-12+. The molecule has 1 saturated heterocycles. The number of amides is 4. The van der Waals surface area contributed by atoms with E-state index in [-0.39, 0.29) is 5.70 Å². The summed E-state index contributed by atoms with van der Waals surface area (Å²) in [5.74, 6) is -0.476. The maximum Gasteiger partial charge on any atom is 0.329 e. The van der Waals surface area contributed by atoms with E-state index < -0.39 is 24.4 Å². The van der Waals surface area contributed by atoms with Gasteiger partial charge in [-0.1, -0.05) is 35.9 Å². The number of halogens is 3. The molecule has 0 spiro atoms. The summed E-state index contributed by atoms with van der Waals surface area (Å²) in [6.45, 7) is 1.84. The van der Waals surface area contributed by atoms with Gasteiger partial charge in [0.2, 0.25) is 5.91 Å². The number of rotatable bonds is 7. The number of ether oxygens (including phenoxy) is 1. The summed E-state index contributed by atoms with van der Waals surface area (Å²) < 4.78 is 7.24. The van der Waals surface area contributed by atoms with E-state index in [4.69, 9.17) is 16.3 Å². The van der Waals surface area contributed by atoms with Gasteiger partial charge in [0.25, 0.3) is 5.91 Å². The number of imide groups is 1. The fourth-order valence-corrected chi connectivity index (χ4v) is 5.06. The van der Waals surface area contributed by atoms with E-state index in [0.717, 1.165) is 16.0 Å². The maximum absolute atomic E-state index is 12.8. The Bertz CT molecular complexity index is 1350. The van der Waals surface area contributed by atoms with Gasteiger partial charge < -0.3 is 15.4 Å². The Morgan fingerprint density at radius 1 is 1.08 bits per heavy atom. The highest BCUT2D eigenvalue weighted by Crippen LogP contribution is 2.36. The number of carbonyl (C=O) groups is 3. The van der Waals surface area contributed by atoms with Crippen molar-refractivity contribution in [2.45, 2.75) is 13.5 Å². The molecule has 1 aliphatic rings. The summed E-state index contributed by atoms with van der Waals surface area (Å²) in [4.78, 5) is 38.5. The van der Waals surface area contributed by atoms with Crippen LogP contribution in [0.5, 0.6) is 5.75 Å². The van der Waals surface area contributed by atoms with E-state index in [9.17, 15) is 14.4 Å². The summed E-state index contributed by atoms with van der Waals surface area (Å²) >= 11 is 12.9. The molecule has 184 valence electrons. The minimum absolute atomic E-state index is 0.0667. The molecular weight excluding hydrogens is 614 g/mol. The van der Waals surface area contributed by atoms with E-state index in [1.165, 1.54) is 6.08 Å². The van der Waals surface area contributed by atoms with Gasteiger partial charge in [0.05, 0.1) is 8.95 Å². The van der Waals surface area contributed by atoms with Crippen LogP contribution in [0, 0.1) is 6.92 Å². The normalized spacial score (nSPS) is 14.2. The first-order valence-electron chi connectivity index (χ1n) is 10.8. The van der Waals surface area contributed by atoms with Crippen LogP contribution < -0.4 is 15.4 Å². The number of nitrogens with zero attached hydrogens (tertiary/aromatic N) is 1. The van der Waals surface area contributed by atoms with Crippen molar-refractivity contribution in [2.24, 2.45) is 0 Å². The number of nitrogens with one attached hydrogen (secondary N) is 2. The van der Waals surface area contributed by atoms with Gasteiger partial charge in [-0.25, -0.2) is 9.69 Å². The molecule has 4 rings (SSSR count). The molecule has 2 N–H and O–H groups in total. The Morgan fingerprint density at radius 2 is 1.78 bits per heavy atom. The van der Waals surface area contributed by atoms with E-state index in [0.29, 0.717) is 37.6 Å². The van der Waals surface area contributed by atoms with Crippen molar-refractivity contribution in [3.63, 3.8) is 0 Å². The SMILES string of the molecule is Cc1cccc(NC(=O)CN2C(=O)N/C(=C/c3cc(Br)c(OCc4ccc(Cl)cc4)c(Br)c3)C2=O)c1. The zero-order valence-corrected chi connectivity index (χ0v) is 22.9. The van der Waals surface area contributed by atoms with E-state index in [2.05, 4.69) is 42.5 Å². The zero-order valence-electron chi connectivity index (χ0n) is 19.0. The zero-order chi connectivity index (χ0) is 25.8. The van der Waals surface area contributed by atoms with Crippen LogP contribution >= 0.6 is 43.5 Å². The highest BCUT2D eigenvalue weighted by molar-refractivity contribution is 9.11. The fraction of sp³-hybridized carbons (Fsp3) is 0.115. The minimum atomic E-state index is -0.660. The van der Waals surface area contributed by atoms with Crippen molar-refractivity contribution in [1.82, 2.24) is 10.2 Å². The summed E-state index contributed by atoms with van der Waals surface area (Å²) in [5.41, 5.74) is 3.23. The summed E-state index contributed by atoms with van der Waals surface area (Å²) in [7, 11) is 0. The molecular formula is C26H20Br2ClN3O4. The molecule has 0 bridgehead atoms. The molecule has 4 amide bonds. The van der Waals surface area contributed by atoms with Crippen molar-refractivity contribution in [3.8, 4) is 5.75 Å². The van der Waals surface area contributed by atoms with Crippen LogP contribution in [0.15, 0.2) is 75.3 Å². The lowest BCUT2D eigenvalue weighted by Crippen LogP contribution is -2.38. The Labute approximate surface area is 229 Å². The molecule has 0 saturated carbocycles. The van der Waals surface area contributed by atoms with Crippen molar-refractivity contribution in [3.05, 3.63) is 97.0 Å². The van der Waals surface area contributed by atoms with Gasteiger partial charge in [-0.2, -0.15) is 0 Å². The number of hydrogen-bond donors (Lipinski definition) is 2. The number of anilines is 1. The lowest BCUT2D eigenvalue weighted by molar-refractivity contribution is -0.127. The summed E-state index contributed by atoms with van der Waals surface area (Å²) in [6.07, 6.45) is 1.54. The first kappa shape index (κ1) is 25.9. The topological polar surface area (TPSA) is 87.7 Å². The molecule has 3 aromatic rings. The van der Waals surface area contributed by atoms with Gasteiger partial charge in [-0.3, -0.25) is 9.59 Å². The molecule has 0 radical (unpaired) electrons. The largest absolute Gasteiger partial charge is 0.487 e. The Hall–Kier alpha value is -3.14. The second-order valence-electron chi connectivity index (χ2n) is 8.03. The van der Waals surface area contributed by atoms with Gasteiger partial charge in [0.15, 0.2) is 0 Å². The van der Waals surface area contributed by atoms with Crippen LogP contribution in [0.4, 0.5) is 10.5 Å². The highest BCUT2D eigenvalue weighted by Gasteiger charge is 2.35. The Kier molecular flexibility index (Phi) is 8.13. The van der Waals surface area contributed by atoms with Gasteiger partial charge in [0.1, 0.15) is 24.6 Å². The van der Waals surface area contributed by atoms with Crippen LogP contribution in [0.25, 0.3) is 6.08 Å². The maximum atomic E-state index is 12.8. The number of hydrogen-bond acceptors (Lipinski definition) is 4. The van der Waals surface area contributed by atoms with Gasteiger partial charge in [0, 0.05) is 10.7 Å². The predicted molar refractivity (Wildman–Crippen MR) is 146 cm³/mol. The van der Waals surface area contributed by atoms with Crippen molar-refractivity contribution in [2.75, 3.05) is 11.9 Å². The van der Waals surface area contributed by atoms with E-state index >= 15 is 0 Å². The fourth-order valence-electron chi connectivity index (χ4n) is 3.49. The molecule has 36 heavy (non-hydrogen) atoms. The number of urea groups is 1. The van der Waals surface area contributed by atoms with Crippen LogP contribution in [-0.4, -0.2) is 29.3 Å². The lowest BCUT2D eigenvalue weighted by atomic mass is 10.2. The van der Waals surface area contributed by atoms with Gasteiger partial charge in [-0.15, -0.1) is 0 Å². The second-order valence-corrected chi connectivity index (χ2v) is 10.2. The molecule has 1 aliphatic heterocycles. The van der Waals surface area contributed by atoms with Crippen molar-refractivity contribution >= 4 is 73.1 Å². The lowest BCUT2D eigenvalue weighted by Gasteiger charge is -2.12. The van der Waals surface area contributed by atoms with Crippen LogP contribution in [0.2, 0.25) is 5.02 Å². The Morgan fingerprint density at radius 3 is 2.44 bits per heavy atom. The van der Waals surface area contributed by atoms with E-state index in [1.54, 1.807) is 36.4 Å². The number of aryl methyl sites for hydroxylation is 1. The average Bonchev–Trinajstić information content (AvgIpc) is 3.07. The molecule has 1 fully saturated rings. The average molecular weight is 634 g/mol. The van der Waals surface area contributed by atoms with Crippen LogP contribution in [0.1, 0.15) is 16.7 Å². The second kappa shape index (κ2) is 11.3. The molecule has 3 aromatic carbocycles. The molecule has 1 heterocycles. The minimum Gasteiger partial charge on any atom is -0.487 e. The first-order valence-corrected chi connectivity index (χ1v) is 12.7. The monoisotopic (exact) mass is 631 g/mol. The third kappa shape index (κ3) is 6.34. The van der Waals surface area contributed by atoms with E-state index in [1.807, 2.05) is 31.2 Å². The highest BCUT2D eigenvalue weighted by atomic mass is 79.9. The Balaban J connectivity index is 1.43. The number of benzene rings is 3. The van der Waals surface area contributed by atoms with Crippen LogP contribution in [0.3, 0.4) is 0 Å². The summed E-state index contributed by atoms with van der Waals surface area (Å²) in [5, 5.41) is 5.88. The molecule has 10 heteroatoms. The van der Waals surface area contributed by atoms with Crippen molar-refractivity contribution in [1.29, 1.82) is 0 Å². The van der Waals surface area contributed by atoms with Crippen LogP contribution in [-0.2, 0) is 16.2 Å². The predicted octanol–water partition coefficient (Wildman–Crippen LogP) is 6.28. The third-order valence-corrected chi connectivity index (χ3v) is 6.62. The molecule has 7 nitrogen and oxygen atoms in total. The van der Waals surface area contributed by atoms with Crippen molar-refractivity contribution < 1.29 is 19.1 Å². The van der Waals surface area contributed by atoms with Gasteiger partial charge in [-0.05, 0) is 97.9 Å². The third-order valence-electron chi connectivity index (χ3n) is 5.19. The molecule has 0 unspecified atom stereocenters. The quantitative estimate of drug-likeness (QED) is 0.237. The first-order chi connectivity index (χ1) is 17.2. The van der Waals surface area contributed by atoms with Gasteiger partial charge >= 0.3 is 6.03 Å². The number of carbonyl (C=O) groups excluding carboxylic acids is 3. The molecule has 0 aromatic heterocycles. The molecule has 0 aliphatic carbocycles. The smallest absolute Gasteiger partial charge is 0.329 e. The molecule has 0 atom stereocenters.